The van der Waals surface area contributed by atoms with Crippen LogP contribution in [0.1, 0.15) is 51.3 Å². The Morgan fingerprint density at radius 2 is 0.952 bits per heavy atom. The average Bonchev–Trinajstić information content (AvgIpc) is 3.84. The molecule has 0 fully saturated rings. The number of aromatic nitrogens is 1. The maximum atomic E-state index is 5.47. The molecular formula is C59H40N4. The molecule has 0 amide bonds. The van der Waals surface area contributed by atoms with E-state index in [9.17, 15) is 0 Å². The summed E-state index contributed by atoms with van der Waals surface area (Å²) in [6, 6.07) is 79.3. The van der Waals surface area contributed by atoms with Crippen molar-refractivity contribution in [1.29, 1.82) is 0 Å². The molecule has 2 heterocycles. The molecule has 9 aromatic carbocycles. The van der Waals surface area contributed by atoms with Crippen molar-refractivity contribution in [3.8, 4) is 44.6 Å². The molecule has 0 saturated carbocycles. The minimum Gasteiger partial charge on any atom is -0.350 e. The zero-order valence-electron chi connectivity index (χ0n) is 34.3. The Bertz CT molecular complexity index is 3440. The Hall–Kier alpha value is -7.92. The smallest absolute Gasteiger partial charge is 0.131 e. The first-order valence-electron chi connectivity index (χ1n) is 21.8. The van der Waals surface area contributed by atoms with Crippen LogP contribution in [-0.2, 0) is 5.41 Å². The molecule has 63 heavy (non-hydrogen) atoms. The van der Waals surface area contributed by atoms with Gasteiger partial charge in [-0.2, -0.15) is 0 Å². The van der Waals surface area contributed by atoms with Gasteiger partial charge in [-0.25, -0.2) is 9.98 Å². The monoisotopic (exact) mass is 804 g/mol. The molecule has 2 N–H and O–H groups in total. The first kappa shape index (κ1) is 35.8. The molecule has 4 heteroatoms. The summed E-state index contributed by atoms with van der Waals surface area (Å²) in [6.45, 7) is 0. The number of pyridine rings is 1. The van der Waals surface area contributed by atoms with Gasteiger partial charge in [0.2, 0.25) is 0 Å². The molecule has 3 aliphatic rings. The van der Waals surface area contributed by atoms with Crippen molar-refractivity contribution in [2.24, 2.45) is 4.99 Å². The molecule has 10 aromatic rings. The van der Waals surface area contributed by atoms with Gasteiger partial charge in [0.15, 0.2) is 0 Å². The van der Waals surface area contributed by atoms with Gasteiger partial charge >= 0.3 is 0 Å². The number of amidine groups is 1. The molecule has 1 aliphatic heterocycles. The lowest BCUT2D eigenvalue weighted by Crippen LogP contribution is -2.44. The minimum absolute atomic E-state index is 0.175. The Labute approximate surface area is 366 Å². The third-order valence-electron chi connectivity index (χ3n) is 13.5. The minimum atomic E-state index is -0.444. The Morgan fingerprint density at radius 3 is 1.70 bits per heavy atom. The second-order valence-corrected chi connectivity index (χ2v) is 16.9. The first-order valence-corrected chi connectivity index (χ1v) is 21.8. The van der Waals surface area contributed by atoms with Gasteiger partial charge < -0.3 is 5.32 Å². The Balaban J connectivity index is 1.09. The topological polar surface area (TPSA) is 49.3 Å². The van der Waals surface area contributed by atoms with Gasteiger partial charge in [0, 0.05) is 21.9 Å². The van der Waals surface area contributed by atoms with E-state index in [0.29, 0.717) is 0 Å². The summed E-state index contributed by atoms with van der Waals surface area (Å²) >= 11 is 0. The van der Waals surface area contributed by atoms with Gasteiger partial charge in [-0.1, -0.05) is 194 Å². The number of fused-ring (bicyclic) bond motifs is 13. The molecule has 2 aliphatic carbocycles. The van der Waals surface area contributed by atoms with Gasteiger partial charge in [0.05, 0.1) is 16.6 Å². The number of nitrogens with zero attached hydrogens (tertiary/aromatic N) is 2. The summed E-state index contributed by atoms with van der Waals surface area (Å²) in [7, 11) is 0. The summed E-state index contributed by atoms with van der Waals surface area (Å²) in [4.78, 5) is 10.9. The first-order chi connectivity index (χ1) is 31.2. The van der Waals surface area contributed by atoms with Crippen molar-refractivity contribution < 1.29 is 0 Å². The molecule has 13 rings (SSSR count). The fraction of sp³-hybridized carbons (Fsp3) is 0.0508. The SMILES string of the molecule is c1ccc(C2=NC(c3cc(-c4cccc5c4-c4ccccc4C54c5ccccc5-c5ccccc54)cc(-c4nc5ccccc5c5ccccc45)c3)NC(c3ccccc3)N2)cc1. The molecule has 2 atom stereocenters. The van der Waals surface area contributed by atoms with Crippen LogP contribution >= 0.6 is 0 Å². The van der Waals surface area contributed by atoms with Crippen LogP contribution in [0.25, 0.3) is 66.3 Å². The summed E-state index contributed by atoms with van der Waals surface area (Å²) < 4.78 is 0. The predicted octanol–water partition coefficient (Wildman–Crippen LogP) is 13.4. The maximum Gasteiger partial charge on any atom is 0.131 e. The van der Waals surface area contributed by atoms with Gasteiger partial charge in [0.25, 0.3) is 0 Å². The predicted molar refractivity (Wildman–Crippen MR) is 258 cm³/mol. The van der Waals surface area contributed by atoms with E-state index < -0.39 is 5.41 Å². The van der Waals surface area contributed by atoms with Crippen molar-refractivity contribution in [2.75, 3.05) is 0 Å². The number of benzene rings is 9. The Morgan fingerprint density at radius 1 is 0.397 bits per heavy atom. The van der Waals surface area contributed by atoms with Gasteiger partial charge in [0.1, 0.15) is 18.2 Å². The average molecular weight is 805 g/mol. The van der Waals surface area contributed by atoms with Crippen LogP contribution < -0.4 is 10.6 Å². The van der Waals surface area contributed by atoms with Gasteiger partial charge in [-0.15, -0.1) is 0 Å². The lowest BCUT2D eigenvalue weighted by molar-refractivity contribution is 0.409. The van der Waals surface area contributed by atoms with E-state index in [1.807, 2.05) is 0 Å². The summed E-state index contributed by atoms with van der Waals surface area (Å²) in [6.07, 6.45) is -0.549. The van der Waals surface area contributed by atoms with Crippen molar-refractivity contribution >= 4 is 27.5 Å². The zero-order valence-corrected chi connectivity index (χ0v) is 34.3. The number of nitrogens with one attached hydrogen (secondary N) is 2. The summed E-state index contributed by atoms with van der Waals surface area (Å²) in [5, 5.41) is 11.1. The lowest BCUT2D eigenvalue weighted by Gasteiger charge is -2.32. The van der Waals surface area contributed by atoms with Crippen LogP contribution in [0.5, 0.6) is 0 Å². The van der Waals surface area contributed by atoms with E-state index in [-0.39, 0.29) is 12.3 Å². The third-order valence-corrected chi connectivity index (χ3v) is 13.5. The Kier molecular flexibility index (Phi) is 7.99. The standard InChI is InChI=1S/C59H40N4/c1-3-18-37(19-4-1)56-61-57(38-20-5-2-6-21-38)63-58(62-56)41-35-39(34-40(36-41)55-47-26-8-7-22-43(47)46-25-12-16-33-53(46)60-55)42-28-17-32-52-54(42)48-27-11-15-31-51(48)59(52)49-29-13-9-23-44(49)45-24-10-14-30-50(45)59/h1-36,56,58,62H,(H,61,63). The van der Waals surface area contributed by atoms with E-state index in [1.54, 1.807) is 0 Å². The number of hydrogen-bond donors (Lipinski definition) is 2. The number of aliphatic imine (C=N–C) groups is 1. The molecular weight excluding hydrogens is 765 g/mol. The van der Waals surface area contributed by atoms with Crippen molar-refractivity contribution in [1.82, 2.24) is 15.6 Å². The summed E-state index contributed by atoms with van der Waals surface area (Å²) in [5.41, 5.74) is 18.6. The van der Waals surface area contributed by atoms with Gasteiger partial charge in [-0.3, -0.25) is 5.32 Å². The highest BCUT2D eigenvalue weighted by Gasteiger charge is 2.52. The number of hydrogen-bond acceptors (Lipinski definition) is 4. The fourth-order valence-electron chi connectivity index (χ4n) is 10.9. The normalized spacial score (nSPS) is 16.5. The lowest BCUT2D eigenvalue weighted by atomic mass is 9.70. The highest BCUT2D eigenvalue weighted by Crippen LogP contribution is 2.64. The number of rotatable bonds is 5. The largest absolute Gasteiger partial charge is 0.350 e. The molecule has 4 nitrogen and oxygen atoms in total. The van der Waals surface area contributed by atoms with E-state index in [1.165, 1.54) is 55.5 Å². The second kappa shape index (κ2) is 14.1. The molecule has 0 saturated heterocycles. The van der Waals surface area contributed by atoms with Crippen molar-refractivity contribution in [3.05, 3.63) is 257 Å². The van der Waals surface area contributed by atoms with Crippen LogP contribution in [0.15, 0.2) is 223 Å². The second-order valence-electron chi connectivity index (χ2n) is 16.9. The van der Waals surface area contributed by atoms with E-state index in [4.69, 9.17) is 9.98 Å². The quantitative estimate of drug-likeness (QED) is 0.170. The van der Waals surface area contributed by atoms with Crippen LogP contribution in [0.4, 0.5) is 0 Å². The molecule has 2 unspecified atom stereocenters. The van der Waals surface area contributed by atoms with Crippen LogP contribution in [0, 0.1) is 0 Å². The molecule has 296 valence electrons. The van der Waals surface area contributed by atoms with Crippen molar-refractivity contribution in [2.45, 2.75) is 17.7 Å². The van der Waals surface area contributed by atoms with Crippen LogP contribution in [0.3, 0.4) is 0 Å². The maximum absolute atomic E-state index is 5.47. The molecule has 1 spiro atoms. The molecule has 1 aromatic heterocycles. The van der Waals surface area contributed by atoms with E-state index in [2.05, 4.69) is 229 Å². The zero-order chi connectivity index (χ0) is 41.5. The van der Waals surface area contributed by atoms with Crippen molar-refractivity contribution in [3.63, 3.8) is 0 Å². The molecule has 0 bridgehead atoms. The fourth-order valence-corrected chi connectivity index (χ4v) is 10.9. The van der Waals surface area contributed by atoms with Crippen LogP contribution in [-0.4, -0.2) is 10.8 Å². The number of para-hydroxylation sites is 1. The summed E-state index contributed by atoms with van der Waals surface area (Å²) in [5.74, 6) is 0.851. The van der Waals surface area contributed by atoms with Gasteiger partial charge in [-0.05, 0) is 96.4 Å². The highest BCUT2D eigenvalue weighted by atomic mass is 15.3. The van der Waals surface area contributed by atoms with Crippen LogP contribution in [0.2, 0.25) is 0 Å². The third kappa shape index (κ3) is 5.38. The van der Waals surface area contributed by atoms with E-state index >= 15 is 0 Å². The van der Waals surface area contributed by atoms with E-state index in [0.717, 1.165) is 55.6 Å². The molecule has 0 radical (unpaired) electrons. The highest BCUT2D eigenvalue weighted by molar-refractivity contribution is 6.11.